The fourth-order valence-electron chi connectivity index (χ4n) is 6.27. The van der Waals surface area contributed by atoms with Gasteiger partial charge in [-0.3, -0.25) is 4.57 Å². The predicted molar refractivity (Wildman–Crippen MR) is 141 cm³/mol. The normalized spacial score (nSPS) is 23.5. The van der Waals surface area contributed by atoms with Crippen molar-refractivity contribution in [3.8, 4) is 29.4 Å². The van der Waals surface area contributed by atoms with Gasteiger partial charge in [-0.05, 0) is 24.6 Å². The molecule has 194 valence electrons. The van der Waals surface area contributed by atoms with Crippen LogP contribution in [0.15, 0.2) is 54.7 Å². The van der Waals surface area contributed by atoms with Crippen LogP contribution in [0.1, 0.15) is 42.9 Å². The SMILES string of the molecule is CC[C@]12O[C@](CCOc3ccc(Cl)cn3)(CC1OC)c1c2c(O)n(-c2ccc(C#N)c3ccccc23)c1O. The maximum Gasteiger partial charge on any atom is 0.213 e. The van der Waals surface area contributed by atoms with Gasteiger partial charge in [0, 0.05) is 43.0 Å². The minimum atomic E-state index is -0.937. The number of nitrogens with zero attached hydrogens (tertiary/aromatic N) is 3. The number of hydrogen-bond donors (Lipinski definition) is 2. The number of rotatable bonds is 7. The van der Waals surface area contributed by atoms with Gasteiger partial charge in [-0.1, -0.05) is 42.8 Å². The molecule has 0 amide bonds. The summed E-state index contributed by atoms with van der Waals surface area (Å²) in [4.78, 5) is 4.19. The molecule has 4 heterocycles. The number of benzene rings is 2. The summed E-state index contributed by atoms with van der Waals surface area (Å²) in [6.45, 7) is 2.24. The summed E-state index contributed by atoms with van der Waals surface area (Å²) in [5, 5.41) is 35.0. The van der Waals surface area contributed by atoms with Gasteiger partial charge in [-0.2, -0.15) is 5.26 Å². The van der Waals surface area contributed by atoms with E-state index < -0.39 is 11.2 Å². The highest BCUT2D eigenvalue weighted by atomic mass is 35.5. The van der Waals surface area contributed by atoms with E-state index in [2.05, 4.69) is 11.1 Å². The van der Waals surface area contributed by atoms with Gasteiger partial charge in [-0.25, -0.2) is 4.98 Å². The quantitative estimate of drug-likeness (QED) is 0.315. The predicted octanol–water partition coefficient (Wildman–Crippen LogP) is 5.68. The molecule has 1 saturated heterocycles. The molecule has 0 aliphatic carbocycles. The Morgan fingerprint density at radius 2 is 1.89 bits per heavy atom. The Hall–Kier alpha value is -3.77. The van der Waals surface area contributed by atoms with E-state index in [-0.39, 0.29) is 24.5 Å². The van der Waals surface area contributed by atoms with Gasteiger partial charge in [0.2, 0.25) is 17.6 Å². The Morgan fingerprint density at radius 1 is 1.13 bits per heavy atom. The minimum Gasteiger partial charge on any atom is -0.494 e. The molecular weight excluding hydrogens is 506 g/mol. The first-order chi connectivity index (χ1) is 18.4. The van der Waals surface area contributed by atoms with Crippen molar-refractivity contribution in [2.24, 2.45) is 0 Å². The molecule has 0 saturated carbocycles. The summed E-state index contributed by atoms with van der Waals surface area (Å²) in [6, 6.07) is 16.5. The topological polar surface area (TPSA) is 110 Å². The number of pyridine rings is 1. The number of fused-ring (bicyclic) bond motifs is 6. The number of nitriles is 1. The largest absolute Gasteiger partial charge is 0.494 e. The van der Waals surface area contributed by atoms with Crippen molar-refractivity contribution >= 4 is 22.4 Å². The van der Waals surface area contributed by atoms with Crippen molar-refractivity contribution in [3.63, 3.8) is 0 Å². The molecule has 2 aromatic carbocycles. The molecule has 2 aliphatic rings. The number of methoxy groups -OCH3 is 1. The molecule has 2 bridgehead atoms. The van der Waals surface area contributed by atoms with Gasteiger partial charge in [0.05, 0.1) is 46.2 Å². The molecular formula is C29H26ClN3O5. The van der Waals surface area contributed by atoms with Crippen LogP contribution in [-0.4, -0.2) is 39.6 Å². The van der Waals surface area contributed by atoms with Crippen LogP contribution in [0, 0.1) is 11.3 Å². The molecule has 2 aromatic heterocycles. The lowest BCUT2D eigenvalue weighted by molar-refractivity contribution is -0.125. The second-order valence-electron chi connectivity index (χ2n) is 9.70. The lowest BCUT2D eigenvalue weighted by Crippen LogP contribution is -2.37. The first-order valence-electron chi connectivity index (χ1n) is 12.5. The number of hydrogen-bond acceptors (Lipinski definition) is 7. The Kier molecular flexibility index (Phi) is 5.76. The van der Waals surface area contributed by atoms with Crippen LogP contribution in [0.5, 0.6) is 17.6 Å². The van der Waals surface area contributed by atoms with Gasteiger partial charge in [-0.15, -0.1) is 0 Å². The number of aromatic nitrogens is 2. The van der Waals surface area contributed by atoms with E-state index in [1.54, 1.807) is 31.4 Å². The number of halogens is 1. The monoisotopic (exact) mass is 531 g/mol. The minimum absolute atomic E-state index is 0.0955. The van der Waals surface area contributed by atoms with E-state index in [0.29, 0.717) is 52.5 Å². The highest BCUT2D eigenvalue weighted by molar-refractivity contribution is 6.30. The van der Waals surface area contributed by atoms with E-state index >= 15 is 0 Å². The number of aromatic hydroxyl groups is 2. The Balaban J connectivity index is 1.48. The fraction of sp³-hybridized carbons (Fsp3) is 0.310. The molecule has 1 unspecified atom stereocenters. The highest BCUT2D eigenvalue weighted by Crippen LogP contribution is 2.67. The maximum absolute atomic E-state index is 11.7. The van der Waals surface area contributed by atoms with Gasteiger partial charge in [0.1, 0.15) is 11.2 Å². The molecule has 3 atom stereocenters. The zero-order valence-corrected chi connectivity index (χ0v) is 21.7. The summed E-state index contributed by atoms with van der Waals surface area (Å²) in [7, 11) is 1.63. The summed E-state index contributed by atoms with van der Waals surface area (Å²) in [5.74, 6) is 0.237. The zero-order chi connectivity index (χ0) is 26.7. The van der Waals surface area contributed by atoms with Gasteiger partial charge >= 0.3 is 0 Å². The van der Waals surface area contributed by atoms with E-state index in [1.165, 1.54) is 10.8 Å². The van der Waals surface area contributed by atoms with Crippen molar-refractivity contribution in [2.45, 2.75) is 43.5 Å². The number of ether oxygens (including phenoxy) is 3. The highest BCUT2D eigenvalue weighted by Gasteiger charge is 2.67. The molecule has 0 radical (unpaired) electrons. The summed E-state index contributed by atoms with van der Waals surface area (Å²) < 4.78 is 19.9. The fourth-order valence-corrected chi connectivity index (χ4v) is 6.38. The Morgan fingerprint density at radius 3 is 2.58 bits per heavy atom. The second-order valence-corrected chi connectivity index (χ2v) is 10.1. The third-order valence-electron chi connectivity index (χ3n) is 7.94. The summed E-state index contributed by atoms with van der Waals surface area (Å²) in [6.07, 6.45) is 2.62. The average Bonchev–Trinajstić information content (AvgIpc) is 3.53. The molecule has 1 fully saturated rings. The van der Waals surface area contributed by atoms with Crippen molar-refractivity contribution < 1.29 is 24.4 Å². The van der Waals surface area contributed by atoms with Crippen LogP contribution in [0.4, 0.5) is 0 Å². The summed E-state index contributed by atoms with van der Waals surface area (Å²) in [5.41, 5.74) is 0.298. The van der Waals surface area contributed by atoms with Crippen molar-refractivity contribution in [3.05, 3.63) is 76.4 Å². The second kappa shape index (κ2) is 8.91. The molecule has 6 rings (SSSR count). The van der Waals surface area contributed by atoms with Crippen LogP contribution < -0.4 is 4.74 Å². The molecule has 9 heteroatoms. The first-order valence-corrected chi connectivity index (χ1v) is 12.8. The third-order valence-corrected chi connectivity index (χ3v) is 8.16. The van der Waals surface area contributed by atoms with Crippen LogP contribution in [0.25, 0.3) is 16.5 Å². The molecule has 4 aromatic rings. The third kappa shape index (κ3) is 3.33. The van der Waals surface area contributed by atoms with E-state index in [9.17, 15) is 15.5 Å². The zero-order valence-electron chi connectivity index (χ0n) is 20.9. The van der Waals surface area contributed by atoms with Gasteiger partial charge in [0.15, 0.2) is 0 Å². The molecule has 0 spiro atoms. The molecule has 2 aliphatic heterocycles. The van der Waals surface area contributed by atoms with Crippen LogP contribution in [-0.2, 0) is 20.7 Å². The van der Waals surface area contributed by atoms with Crippen molar-refractivity contribution in [1.82, 2.24) is 9.55 Å². The van der Waals surface area contributed by atoms with Gasteiger partial charge < -0.3 is 24.4 Å². The summed E-state index contributed by atoms with van der Waals surface area (Å²) >= 11 is 5.94. The van der Waals surface area contributed by atoms with Crippen molar-refractivity contribution in [2.75, 3.05) is 13.7 Å². The van der Waals surface area contributed by atoms with E-state index in [0.717, 1.165) is 10.8 Å². The van der Waals surface area contributed by atoms with Crippen LogP contribution >= 0.6 is 11.6 Å². The van der Waals surface area contributed by atoms with Crippen LogP contribution in [0.3, 0.4) is 0 Å². The molecule has 8 nitrogen and oxygen atoms in total. The smallest absolute Gasteiger partial charge is 0.213 e. The van der Waals surface area contributed by atoms with Crippen LogP contribution in [0.2, 0.25) is 5.02 Å². The maximum atomic E-state index is 11.7. The van der Waals surface area contributed by atoms with Crippen molar-refractivity contribution in [1.29, 1.82) is 5.26 Å². The lowest BCUT2D eigenvalue weighted by atomic mass is 9.74. The molecule has 38 heavy (non-hydrogen) atoms. The first kappa shape index (κ1) is 24.6. The average molecular weight is 532 g/mol. The Bertz CT molecular complexity index is 1590. The lowest BCUT2D eigenvalue weighted by Gasteiger charge is -2.31. The van der Waals surface area contributed by atoms with Gasteiger partial charge in [0.25, 0.3) is 0 Å². The Labute approximate surface area is 224 Å². The van der Waals surface area contributed by atoms with E-state index in [1.807, 2.05) is 31.2 Å². The standard InChI is InChI=1S/C29H26ClN3O5/c1-3-29-22(36-2)14-28(38-29,12-13-37-23-11-9-18(30)16-32-23)24-25(29)27(35)33(26(24)34)21-10-8-17(15-31)19-6-4-5-7-20(19)21/h4-11,16,22,34-35H,3,12-14H2,1-2H3/t22?,28-,29+/m1/s1. The van der Waals surface area contributed by atoms with E-state index in [4.69, 9.17) is 25.8 Å². The molecule has 2 N–H and O–H groups in total.